The van der Waals surface area contributed by atoms with Crippen molar-refractivity contribution in [1.29, 1.82) is 0 Å². The lowest BCUT2D eigenvalue weighted by Gasteiger charge is -2.14. The summed E-state index contributed by atoms with van der Waals surface area (Å²) < 4.78 is 5.71. The van der Waals surface area contributed by atoms with E-state index in [-0.39, 0.29) is 12.2 Å². The molecular weight excluding hydrogens is 224 g/mol. The van der Waals surface area contributed by atoms with E-state index >= 15 is 0 Å². The average molecular weight is 244 g/mol. The van der Waals surface area contributed by atoms with E-state index in [2.05, 4.69) is 19.1 Å². The molecule has 4 rings (SSSR count). The van der Waals surface area contributed by atoms with E-state index in [9.17, 15) is 5.11 Å². The molecule has 2 nitrogen and oxygen atoms in total. The Labute approximate surface area is 108 Å². The van der Waals surface area contributed by atoms with Gasteiger partial charge >= 0.3 is 0 Å². The van der Waals surface area contributed by atoms with Gasteiger partial charge < -0.3 is 9.84 Å². The summed E-state index contributed by atoms with van der Waals surface area (Å²) in [5, 5.41) is 10.5. The van der Waals surface area contributed by atoms with Crippen LogP contribution in [0.5, 0.6) is 5.75 Å². The van der Waals surface area contributed by atoms with Gasteiger partial charge in [0.25, 0.3) is 0 Å². The minimum Gasteiger partial charge on any atom is -0.490 e. The molecule has 0 saturated heterocycles. The average Bonchev–Trinajstić information content (AvgIpc) is 2.74. The molecule has 0 spiro atoms. The zero-order valence-electron chi connectivity index (χ0n) is 10.8. The summed E-state index contributed by atoms with van der Waals surface area (Å²) in [6.45, 7) is 2.10. The van der Waals surface area contributed by atoms with Crippen LogP contribution in [-0.4, -0.2) is 11.2 Å². The third-order valence-electron chi connectivity index (χ3n) is 5.10. The number of aliphatic hydroxyl groups excluding tert-OH is 1. The zero-order valence-corrected chi connectivity index (χ0v) is 10.8. The van der Waals surface area contributed by atoms with Gasteiger partial charge in [0.1, 0.15) is 11.9 Å². The van der Waals surface area contributed by atoms with Crippen molar-refractivity contribution >= 4 is 0 Å². The molecule has 2 saturated carbocycles. The first-order valence-corrected chi connectivity index (χ1v) is 7.21. The van der Waals surface area contributed by atoms with Crippen molar-refractivity contribution in [3.8, 4) is 5.75 Å². The van der Waals surface area contributed by atoms with Crippen LogP contribution in [0.4, 0.5) is 0 Å². The summed E-state index contributed by atoms with van der Waals surface area (Å²) in [5.41, 5.74) is 2.37. The second-order valence-electron chi connectivity index (χ2n) is 6.28. The molecule has 1 heterocycles. The van der Waals surface area contributed by atoms with Gasteiger partial charge in [0.05, 0.1) is 6.10 Å². The number of aliphatic hydroxyl groups is 1. The highest BCUT2D eigenvalue weighted by Gasteiger charge is 2.55. The van der Waals surface area contributed by atoms with Gasteiger partial charge in [-0.2, -0.15) is 0 Å². The fraction of sp³-hybridized carbons (Fsp3) is 0.625. The maximum atomic E-state index is 10.5. The van der Waals surface area contributed by atoms with E-state index in [4.69, 9.17) is 4.74 Å². The second-order valence-corrected chi connectivity index (χ2v) is 6.28. The van der Waals surface area contributed by atoms with E-state index in [0.29, 0.717) is 5.92 Å². The number of hydrogen-bond donors (Lipinski definition) is 1. The Hall–Kier alpha value is -1.02. The van der Waals surface area contributed by atoms with Crippen LogP contribution in [0, 0.1) is 17.8 Å². The first-order chi connectivity index (χ1) is 8.74. The third kappa shape index (κ3) is 1.51. The highest BCUT2D eigenvalue weighted by atomic mass is 16.5. The van der Waals surface area contributed by atoms with Crippen LogP contribution in [0.25, 0.3) is 0 Å². The van der Waals surface area contributed by atoms with Crippen LogP contribution in [0.1, 0.15) is 43.4 Å². The monoisotopic (exact) mass is 244 g/mol. The lowest BCUT2D eigenvalue weighted by molar-refractivity contribution is 0.137. The topological polar surface area (TPSA) is 29.5 Å². The van der Waals surface area contributed by atoms with Crippen LogP contribution in [0.3, 0.4) is 0 Å². The van der Waals surface area contributed by atoms with Crippen LogP contribution < -0.4 is 4.74 Å². The van der Waals surface area contributed by atoms with Crippen LogP contribution >= 0.6 is 0 Å². The molecule has 0 radical (unpaired) electrons. The van der Waals surface area contributed by atoms with E-state index < -0.39 is 0 Å². The fourth-order valence-electron chi connectivity index (χ4n) is 4.19. The molecule has 1 aromatic carbocycles. The SMILES string of the molecule is CC1Cc2cc(C(O)C3C4CCCC43)ccc2O1. The number of hydrogen-bond acceptors (Lipinski definition) is 2. The summed E-state index contributed by atoms with van der Waals surface area (Å²) in [6, 6.07) is 6.25. The third-order valence-corrected chi connectivity index (χ3v) is 5.10. The summed E-state index contributed by atoms with van der Waals surface area (Å²) >= 11 is 0. The maximum Gasteiger partial charge on any atom is 0.123 e. The quantitative estimate of drug-likeness (QED) is 0.866. The first kappa shape index (κ1) is 10.9. The van der Waals surface area contributed by atoms with Crippen molar-refractivity contribution in [2.75, 3.05) is 0 Å². The Morgan fingerprint density at radius 3 is 2.83 bits per heavy atom. The van der Waals surface area contributed by atoms with Crippen molar-refractivity contribution in [3.63, 3.8) is 0 Å². The first-order valence-electron chi connectivity index (χ1n) is 7.21. The molecule has 4 unspecified atom stereocenters. The molecule has 1 aliphatic heterocycles. The van der Waals surface area contributed by atoms with Gasteiger partial charge in [-0.3, -0.25) is 0 Å². The molecule has 96 valence electrons. The lowest BCUT2D eigenvalue weighted by atomic mass is 9.97. The van der Waals surface area contributed by atoms with Gasteiger partial charge in [0.15, 0.2) is 0 Å². The fourth-order valence-corrected chi connectivity index (χ4v) is 4.19. The van der Waals surface area contributed by atoms with E-state index in [0.717, 1.165) is 29.6 Å². The van der Waals surface area contributed by atoms with Crippen molar-refractivity contribution in [2.45, 2.75) is 44.8 Å². The van der Waals surface area contributed by atoms with Crippen LogP contribution in [0.2, 0.25) is 0 Å². The molecule has 0 aromatic heterocycles. The molecule has 4 atom stereocenters. The Kier molecular flexibility index (Phi) is 2.25. The van der Waals surface area contributed by atoms with E-state index in [1.54, 1.807) is 0 Å². The molecule has 2 aliphatic carbocycles. The summed E-state index contributed by atoms with van der Waals surface area (Å²) in [7, 11) is 0. The van der Waals surface area contributed by atoms with Crippen molar-refractivity contribution < 1.29 is 9.84 Å². The van der Waals surface area contributed by atoms with Gasteiger partial charge in [0, 0.05) is 6.42 Å². The van der Waals surface area contributed by atoms with Gasteiger partial charge in [-0.15, -0.1) is 0 Å². The standard InChI is InChI=1S/C16H20O2/c1-9-7-11-8-10(5-6-14(11)18-9)16(17)15-12-3-2-4-13(12)15/h5-6,8-9,12-13,15-17H,2-4,7H2,1H3. The van der Waals surface area contributed by atoms with Crippen molar-refractivity contribution in [2.24, 2.45) is 17.8 Å². The highest BCUT2D eigenvalue weighted by Crippen LogP contribution is 2.62. The lowest BCUT2D eigenvalue weighted by Crippen LogP contribution is -2.05. The number of fused-ring (bicyclic) bond motifs is 2. The zero-order chi connectivity index (χ0) is 12.3. The number of ether oxygens (including phenoxy) is 1. The molecule has 0 amide bonds. The van der Waals surface area contributed by atoms with E-state index in [1.165, 1.54) is 24.8 Å². The summed E-state index contributed by atoms with van der Waals surface area (Å²) in [6.07, 6.45) is 5.05. The predicted molar refractivity (Wildman–Crippen MR) is 69.5 cm³/mol. The maximum absolute atomic E-state index is 10.5. The highest BCUT2D eigenvalue weighted by molar-refractivity contribution is 5.41. The van der Waals surface area contributed by atoms with Crippen LogP contribution in [-0.2, 0) is 6.42 Å². The van der Waals surface area contributed by atoms with Gasteiger partial charge in [-0.1, -0.05) is 12.5 Å². The molecular formula is C16H20O2. The minimum atomic E-state index is -0.249. The largest absolute Gasteiger partial charge is 0.490 e. The molecule has 3 aliphatic rings. The molecule has 2 heteroatoms. The van der Waals surface area contributed by atoms with Gasteiger partial charge in [-0.25, -0.2) is 0 Å². The number of rotatable bonds is 2. The van der Waals surface area contributed by atoms with Crippen molar-refractivity contribution in [3.05, 3.63) is 29.3 Å². The molecule has 2 fully saturated rings. The predicted octanol–water partition coefficient (Wildman–Crippen LogP) is 3.09. The Morgan fingerprint density at radius 1 is 1.28 bits per heavy atom. The Bertz CT molecular complexity index is 472. The molecule has 18 heavy (non-hydrogen) atoms. The van der Waals surface area contributed by atoms with Crippen molar-refractivity contribution in [1.82, 2.24) is 0 Å². The Balaban J connectivity index is 1.57. The van der Waals surface area contributed by atoms with Gasteiger partial charge in [0.2, 0.25) is 0 Å². The van der Waals surface area contributed by atoms with E-state index in [1.807, 2.05) is 6.07 Å². The molecule has 1 N–H and O–H groups in total. The molecule has 1 aromatic rings. The van der Waals surface area contributed by atoms with Gasteiger partial charge in [-0.05, 0) is 60.8 Å². The minimum absolute atomic E-state index is 0.249. The normalized spacial score (nSPS) is 37.9. The summed E-state index contributed by atoms with van der Waals surface area (Å²) in [4.78, 5) is 0. The smallest absolute Gasteiger partial charge is 0.123 e. The second kappa shape index (κ2) is 3.74. The summed E-state index contributed by atoms with van der Waals surface area (Å²) in [5.74, 6) is 3.16. The number of benzene rings is 1. The molecule has 0 bridgehead atoms. The van der Waals surface area contributed by atoms with Crippen LogP contribution in [0.15, 0.2) is 18.2 Å². The Morgan fingerprint density at radius 2 is 2.06 bits per heavy atom.